The highest BCUT2D eigenvalue weighted by atomic mass is 19.1. The third-order valence-electron chi connectivity index (χ3n) is 2.62. The van der Waals surface area contributed by atoms with Gasteiger partial charge in [0.2, 0.25) is 5.91 Å². The van der Waals surface area contributed by atoms with Gasteiger partial charge in [0.15, 0.2) is 0 Å². The maximum Gasteiger partial charge on any atom is 0.224 e. The maximum atomic E-state index is 13.3. The molecule has 3 N–H and O–H groups in total. The van der Waals surface area contributed by atoms with Crippen molar-refractivity contribution in [2.45, 2.75) is 32.2 Å². The molecular weight excluding hydrogens is 238 g/mol. The third kappa shape index (κ3) is 4.41. The van der Waals surface area contributed by atoms with E-state index in [0.29, 0.717) is 6.54 Å². The van der Waals surface area contributed by atoms with Gasteiger partial charge in [-0.2, -0.15) is 0 Å². The molecule has 3 nitrogen and oxygen atoms in total. The molecule has 1 aromatic carbocycles. The Morgan fingerprint density at radius 2 is 2.00 bits per heavy atom. The lowest BCUT2D eigenvalue weighted by Gasteiger charge is -2.12. The lowest BCUT2D eigenvalue weighted by Crippen LogP contribution is -2.37. The van der Waals surface area contributed by atoms with Crippen molar-refractivity contribution >= 4 is 5.91 Å². The van der Waals surface area contributed by atoms with Gasteiger partial charge in [0.05, 0.1) is 6.42 Å². The molecule has 0 fully saturated rings. The summed E-state index contributed by atoms with van der Waals surface area (Å²) in [7, 11) is 0. The number of carbonyl (C=O) groups is 1. The van der Waals surface area contributed by atoms with Crippen LogP contribution in [0.2, 0.25) is 0 Å². The molecule has 1 unspecified atom stereocenters. The lowest BCUT2D eigenvalue weighted by atomic mass is 10.1. The predicted molar refractivity (Wildman–Crippen MR) is 66.0 cm³/mol. The van der Waals surface area contributed by atoms with Crippen LogP contribution in [0.4, 0.5) is 8.78 Å². The summed E-state index contributed by atoms with van der Waals surface area (Å²) in [6, 6.07) is 3.41. The van der Waals surface area contributed by atoms with Gasteiger partial charge in [0.1, 0.15) is 11.6 Å². The zero-order valence-corrected chi connectivity index (χ0v) is 10.4. The first-order chi connectivity index (χ1) is 8.54. The smallest absolute Gasteiger partial charge is 0.224 e. The standard InChI is InChI=1S/C13H18F2N2O/c1-2-4-9(16)8-17-13(18)7-10-11(14)5-3-6-12(10)15/h3,5-6,9H,2,4,7-8,16H2,1H3,(H,17,18). The van der Waals surface area contributed by atoms with Crippen LogP contribution in [0.1, 0.15) is 25.3 Å². The van der Waals surface area contributed by atoms with E-state index in [9.17, 15) is 13.6 Å². The van der Waals surface area contributed by atoms with Gasteiger partial charge >= 0.3 is 0 Å². The molecule has 1 aromatic rings. The predicted octanol–water partition coefficient (Wildman–Crippen LogP) is 1.75. The Bertz CT molecular complexity index is 390. The topological polar surface area (TPSA) is 55.1 Å². The second-order valence-corrected chi connectivity index (χ2v) is 4.23. The minimum absolute atomic E-state index is 0.121. The van der Waals surface area contributed by atoms with Crippen LogP contribution in [0, 0.1) is 11.6 Å². The quantitative estimate of drug-likeness (QED) is 0.814. The Hall–Kier alpha value is -1.49. The number of hydrogen-bond acceptors (Lipinski definition) is 2. The molecular formula is C13H18F2N2O. The van der Waals surface area contributed by atoms with Gasteiger partial charge in [-0.15, -0.1) is 0 Å². The molecule has 0 spiro atoms. The van der Waals surface area contributed by atoms with Crippen LogP contribution in [-0.2, 0) is 11.2 Å². The van der Waals surface area contributed by atoms with E-state index in [1.54, 1.807) is 0 Å². The second-order valence-electron chi connectivity index (χ2n) is 4.23. The van der Waals surface area contributed by atoms with Crippen LogP contribution < -0.4 is 11.1 Å². The first-order valence-corrected chi connectivity index (χ1v) is 5.99. The summed E-state index contributed by atoms with van der Waals surface area (Å²) in [6.07, 6.45) is 1.42. The molecule has 5 heteroatoms. The van der Waals surface area contributed by atoms with Gasteiger partial charge in [0.25, 0.3) is 0 Å². The first-order valence-electron chi connectivity index (χ1n) is 5.99. The highest BCUT2D eigenvalue weighted by Gasteiger charge is 2.13. The summed E-state index contributed by atoms with van der Waals surface area (Å²) in [4.78, 5) is 11.5. The highest BCUT2D eigenvalue weighted by Crippen LogP contribution is 2.12. The molecule has 0 bridgehead atoms. The normalized spacial score (nSPS) is 12.2. The van der Waals surface area contributed by atoms with E-state index in [1.165, 1.54) is 6.07 Å². The van der Waals surface area contributed by atoms with Crippen LogP contribution in [0.5, 0.6) is 0 Å². The molecule has 18 heavy (non-hydrogen) atoms. The van der Waals surface area contributed by atoms with E-state index in [4.69, 9.17) is 5.73 Å². The SMILES string of the molecule is CCCC(N)CNC(=O)Cc1c(F)cccc1F. The zero-order chi connectivity index (χ0) is 13.5. The van der Waals surface area contributed by atoms with Gasteiger partial charge in [-0.1, -0.05) is 19.4 Å². The number of nitrogens with two attached hydrogens (primary N) is 1. The largest absolute Gasteiger partial charge is 0.354 e. The first kappa shape index (κ1) is 14.6. The number of amides is 1. The van der Waals surface area contributed by atoms with Crippen molar-refractivity contribution in [3.63, 3.8) is 0 Å². The molecule has 0 saturated heterocycles. The molecule has 0 radical (unpaired) electrons. The Kier molecular flexibility index (Phi) is 5.71. The highest BCUT2D eigenvalue weighted by molar-refractivity contribution is 5.78. The number of benzene rings is 1. The van der Waals surface area contributed by atoms with Gasteiger partial charge < -0.3 is 11.1 Å². The average molecular weight is 256 g/mol. The molecule has 1 atom stereocenters. The molecule has 100 valence electrons. The minimum atomic E-state index is -0.706. The molecule has 0 heterocycles. The maximum absolute atomic E-state index is 13.3. The van der Waals surface area contributed by atoms with Crippen LogP contribution in [0.25, 0.3) is 0 Å². The molecule has 0 aliphatic carbocycles. The van der Waals surface area contributed by atoms with E-state index in [2.05, 4.69) is 5.32 Å². The number of rotatable bonds is 6. The lowest BCUT2D eigenvalue weighted by molar-refractivity contribution is -0.120. The van der Waals surface area contributed by atoms with E-state index < -0.39 is 17.5 Å². The van der Waals surface area contributed by atoms with Crippen molar-refractivity contribution in [3.05, 3.63) is 35.4 Å². The third-order valence-corrected chi connectivity index (χ3v) is 2.62. The summed E-state index contributed by atoms with van der Waals surface area (Å²) >= 11 is 0. The van der Waals surface area contributed by atoms with Crippen LogP contribution in [0.3, 0.4) is 0 Å². The summed E-state index contributed by atoms with van der Waals surface area (Å²) in [5, 5.41) is 2.57. The Morgan fingerprint density at radius 3 is 2.56 bits per heavy atom. The summed E-state index contributed by atoms with van der Waals surface area (Å²) in [6.45, 7) is 2.32. The van der Waals surface area contributed by atoms with Crippen molar-refractivity contribution < 1.29 is 13.6 Å². The van der Waals surface area contributed by atoms with Gasteiger partial charge in [-0.3, -0.25) is 4.79 Å². The van der Waals surface area contributed by atoms with E-state index in [1.807, 2.05) is 6.92 Å². The molecule has 0 saturated carbocycles. The second kappa shape index (κ2) is 7.06. The molecule has 1 amide bonds. The number of carbonyl (C=O) groups excluding carboxylic acids is 1. The molecule has 1 rings (SSSR count). The number of hydrogen-bond donors (Lipinski definition) is 2. The van der Waals surface area contributed by atoms with Gasteiger partial charge in [-0.25, -0.2) is 8.78 Å². The Morgan fingerprint density at radius 1 is 1.39 bits per heavy atom. The van der Waals surface area contributed by atoms with Gasteiger partial charge in [0, 0.05) is 18.2 Å². The van der Waals surface area contributed by atoms with Crippen LogP contribution >= 0.6 is 0 Å². The Balaban J connectivity index is 2.50. The van der Waals surface area contributed by atoms with E-state index >= 15 is 0 Å². The summed E-state index contributed by atoms with van der Waals surface area (Å²) < 4.78 is 26.6. The summed E-state index contributed by atoms with van der Waals surface area (Å²) in [5.41, 5.74) is 5.51. The average Bonchev–Trinajstić information content (AvgIpc) is 2.32. The van der Waals surface area contributed by atoms with Crippen molar-refractivity contribution in [1.82, 2.24) is 5.32 Å². The molecule has 0 aliphatic rings. The monoisotopic (exact) mass is 256 g/mol. The molecule has 0 aromatic heterocycles. The fourth-order valence-electron chi connectivity index (χ4n) is 1.64. The van der Waals surface area contributed by atoms with E-state index in [0.717, 1.165) is 25.0 Å². The van der Waals surface area contributed by atoms with Crippen LogP contribution in [-0.4, -0.2) is 18.5 Å². The fourth-order valence-corrected chi connectivity index (χ4v) is 1.64. The van der Waals surface area contributed by atoms with E-state index in [-0.39, 0.29) is 18.0 Å². The number of halogens is 2. The zero-order valence-electron chi connectivity index (χ0n) is 10.4. The summed E-state index contributed by atoms with van der Waals surface area (Å²) in [5.74, 6) is -1.84. The van der Waals surface area contributed by atoms with Crippen molar-refractivity contribution in [3.8, 4) is 0 Å². The Labute approximate surface area is 105 Å². The van der Waals surface area contributed by atoms with Crippen molar-refractivity contribution in [1.29, 1.82) is 0 Å². The molecule has 0 aliphatic heterocycles. The number of nitrogens with one attached hydrogen (secondary N) is 1. The minimum Gasteiger partial charge on any atom is -0.354 e. The fraction of sp³-hybridized carbons (Fsp3) is 0.462. The van der Waals surface area contributed by atoms with Gasteiger partial charge in [-0.05, 0) is 18.6 Å². The van der Waals surface area contributed by atoms with Crippen molar-refractivity contribution in [2.24, 2.45) is 5.73 Å². The van der Waals surface area contributed by atoms with Crippen molar-refractivity contribution in [2.75, 3.05) is 6.54 Å². The van der Waals surface area contributed by atoms with Crippen LogP contribution in [0.15, 0.2) is 18.2 Å².